The molecule has 0 aromatic heterocycles. The van der Waals surface area contributed by atoms with E-state index in [1.54, 1.807) is 0 Å². The number of urea groups is 1. The van der Waals surface area contributed by atoms with Crippen LogP contribution in [0.5, 0.6) is 5.75 Å². The minimum Gasteiger partial charge on any atom is -0.473 e. The third-order valence-electron chi connectivity index (χ3n) is 3.95. The Kier molecular flexibility index (Phi) is 5.27. The molecule has 0 saturated carbocycles. The van der Waals surface area contributed by atoms with Gasteiger partial charge in [-0.25, -0.2) is 4.79 Å². The summed E-state index contributed by atoms with van der Waals surface area (Å²) in [5.74, 6) is 0.830. The summed E-state index contributed by atoms with van der Waals surface area (Å²) in [5.41, 5.74) is 6.33. The summed E-state index contributed by atoms with van der Waals surface area (Å²) < 4.78 is 5.73. The maximum absolute atomic E-state index is 12.0. The topological polar surface area (TPSA) is 50.4 Å². The van der Waals surface area contributed by atoms with Crippen LogP contribution in [0.25, 0.3) is 0 Å². The molecule has 0 spiro atoms. The van der Waals surface area contributed by atoms with Crippen molar-refractivity contribution in [2.75, 3.05) is 12.0 Å². The highest BCUT2D eigenvalue weighted by Crippen LogP contribution is 2.25. The fourth-order valence-corrected chi connectivity index (χ4v) is 2.44. The molecule has 122 valence electrons. The van der Waals surface area contributed by atoms with Gasteiger partial charge in [0.05, 0.1) is 0 Å². The molecule has 23 heavy (non-hydrogen) atoms. The van der Waals surface area contributed by atoms with Crippen molar-refractivity contribution in [2.24, 2.45) is 0 Å². The van der Waals surface area contributed by atoms with Crippen LogP contribution in [0, 0.1) is 34.6 Å². The molecule has 0 aliphatic heterocycles. The largest absolute Gasteiger partial charge is 0.473 e. The molecule has 0 atom stereocenters. The van der Waals surface area contributed by atoms with Crippen molar-refractivity contribution in [1.82, 2.24) is 5.32 Å². The van der Waals surface area contributed by atoms with Crippen molar-refractivity contribution in [2.45, 2.75) is 34.6 Å². The molecule has 2 amide bonds. The number of hydrogen-bond donors (Lipinski definition) is 2. The van der Waals surface area contributed by atoms with Gasteiger partial charge in [0.2, 0.25) is 0 Å². The number of carbonyl (C=O) groups is 1. The zero-order valence-electron chi connectivity index (χ0n) is 14.4. The minimum atomic E-state index is -0.278. The van der Waals surface area contributed by atoms with E-state index in [1.165, 1.54) is 11.1 Å². The standard InChI is InChI=1S/C19H24N2O2/c1-12-6-9-17(15(4)10-12)21-19(22)20-11-23-18-14(3)8-7-13(2)16(18)5/h6-10H,11H2,1-5H3,(H2,20,21,22). The number of amides is 2. The number of hydrogen-bond acceptors (Lipinski definition) is 2. The first-order valence-electron chi connectivity index (χ1n) is 7.70. The van der Waals surface area contributed by atoms with Crippen molar-refractivity contribution >= 4 is 11.7 Å². The summed E-state index contributed by atoms with van der Waals surface area (Å²) in [7, 11) is 0. The average Bonchev–Trinajstić information content (AvgIpc) is 2.49. The molecule has 2 aromatic rings. The van der Waals surface area contributed by atoms with E-state index in [4.69, 9.17) is 4.74 Å². The number of rotatable bonds is 4. The van der Waals surface area contributed by atoms with Gasteiger partial charge in [0.15, 0.2) is 6.73 Å². The van der Waals surface area contributed by atoms with Gasteiger partial charge in [-0.1, -0.05) is 29.8 Å². The van der Waals surface area contributed by atoms with Gasteiger partial charge in [-0.3, -0.25) is 0 Å². The van der Waals surface area contributed by atoms with Gasteiger partial charge < -0.3 is 15.4 Å². The first-order chi connectivity index (χ1) is 10.9. The fraction of sp³-hybridized carbons (Fsp3) is 0.316. The summed E-state index contributed by atoms with van der Waals surface area (Å²) in [4.78, 5) is 12.0. The highest BCUT2D eigenvalue weighted by molar-refractivity contribution is 5.90. The summed E-state index contributed by atoms with van der Waals surface area (Å²) in [6.07, 6.45) is 0. The Morgan fingerprint density at radius 1 is 0.957 bits per heavy atom. The van der Waals surface area contributed by atoms with E-state index in [0.29, 0.717) is 0 Å². The van der Waals surface area contributed by atoms with Crippen LogP contribution < -0.4 is 15.4 Å². The van der Waals surface area contributed by atoms with Crippen LogP contribution in [0.4, 0.5) is 10.5 Å². The lowest BCUT2D eigenvalue weighted by Gasteiger charge is -2.15. The number of nitrogens with one attached hydrogen (secondary N) is 2. The molecule has 4 nitrogen and oxygen atoms in total. The van der Waals surface area contributed by atoms with Crippen LogP contribution in [-0.2, 0) is 0 Å². The van der Waals surface area contributed by atoms with Crippen LogP contribution in [0.3, 0.4) is 0 Å². The van der Waals surface area contributed by atoms with Crippen LogP contribution in [0.15, 0.2) is 30.3 Å². The first-order valence-corrected chi connectivity index (χ1v) is 7.70. The first kappa shape index (κ1) is 16.9. The van der Waals surface area contributed by atoms with E-state index < -0.39 is 0 Å². The molecular weight excluding hydrogens is 288 g/mol. The van der Waals surface area contributed by atoms with Crippen molar-refractivity contribution in [3.63, 3.8) is 0 Å². The maximum Gasteiger partial charge on any atom is 0.321 e. The summed E-state index contributed by atoms with van der Waals surface area (Å²) >= 11 is 0. The molecule has 0 saturated heterocycles. The molecule has 0 aliphatic carbocycles. The second-order valence-corrected chi connectivity index (χ2v) is 5.89. The molecule has 0 unspecified atom stereocenters. The van der Waals surface area contributed by atoms with E-state index in [9.17, 15) is 4.79 Å². The monoisotopic (exact) mass is 312 g/mol. The summed E-state index contributed by atoms with van der Waals surface area (Å²) in [6.45, 7) is 10.2. The molecule has 0 radical (unpaired) electrons. The van der Waals surface area contributed by atoms with Gasteiger partial charge in [-0.05, 0) is 62.9 Å². The molecule has 4 heteroatoms. The normalized spacial score (nSPS) is 10.3. The second-order valence-electron chi connectivity index (χ2n) is 5.89. The maximum atomic E-state index is 12.0. The number of ether oxygens (including phenoxy) is 1. The molecule has 2 aromatic carbocycles. The predicted octanol–water partition coefficient (Wildman–Crippen LogP) is 4.39. The predicted molar refractivity (Wildman–Crippen MR) is 94.2 cm³/mol. The van der Waals surface area contributed by atoms with Gasteiger partial charge in [0, 0.05) is 5.69 Å². The van der Waals surface area contributed by atoms with Crippen molar-refractivity contribution < 1.29 is 9.53 Å². The second kappa shape index (κ2) is 7.18. The number of anilines is 1. The Labute approximate surface area is 137 Å². The number of carbonyl (C=O) groups excluding carboxylic acids is 1. The summed E-state index contributed by atoms with van der Waals surface area (Å²) in [5, 5.41) is 5.56. The van der Waals surface area contributed by atoms with Gasteiger partial charge in [-0.15, -0.1) is 0 Å². The highest BCUT2D eigenvalue weighted by Gasteiger charge is 2.08. The van der Waals surface area contributed by atoms with Crippen molar-refractivity contribution in [3.8, 4) is 5.75 Å². The van der Waals surface area contributed by atoms with Crippen molar-refractivity contribution in [1.29, 1.82) is 0 Å². The smallest absolute Gasteiger partial charge is 0.321 e. The molecule has 0 aliphatic rings. The third kappa shape index (κ3) is 4.25. The van der Waals surface area contributed by atoms with Gasteiger partial charge in [0.25, 0.3) is 0 Å². The Hall–Kier alpha value is -2.49. The van der Waals surface area contributed by atoms with Gasteiger partial charge in [-0.2, -0.15) is 0 Å². The van der Waals surface area contributed by atoms with E-state index in [1.807, 2.05) is 58.9 Å². The third-order valence-corrected chi connectivity index (χ3v) is 3.95. The van der Waals surface area contributed by atoms with Crippen LogP contribution in [-0.4, -0.2) is 12.8 Å². The van der Waals surface area contributed by atoms with Crippen LogP contribution in [0.1, 0.15) is 27.8 Å². The lowest BCUT2D eigenvalue weighted by molar-refractivity contribution is 0.234. The molecule has 2 N–H and O–H groups in total. The highest BCUT2D eigenvalue weighted by atomic mass is 16.5. The van der Waals surface area contributed by atoms with Crippen LogP contribution >= 0.6 is 0 Å². The quantitative estimate of drug-likeness (QED) is 0.823. The molecule has 0 fully saturated rings. The minimum absolute atomic E-state index is 0.127. The lowest BCUT2D eigenvalue weighted by Crippen LogP contribution is -2.32. The van der Waals surface area contributed by atoms with Gasteiger partial charge in [0.1, 0.15) is 5.75 Å². The zero-order chi connectivity index (χ0) is 17.0. The Bertz CT molecular complexity index is 724. The fourth-order valence-electron chi connectivity index (χ4n) is 2.44. The van der Waals surface area contributed by atoms with E-state index in [0.717, 1.165) is 28.1 Å². The van der Waals surface area contributed by atoms with Crippen LogP contribution in [0.2, 0.25) is 0 Å². The van der Waals surface area contributed by atoms with E-state index >= 15 is 0 Å². The van der Waals surface area contributed by atoms with Crippen molar-refractivity contribution in [3.05, 3.63) is 58.1 Å². The number of benzene rings is 2. The molecule has 0 bridgehead atoms. The lowest BCUT2D eigenvalue weighted by atomic mass is 10.1. The molecule has 0 heterocycles. The molecule has 2 rings (SSSR count). The van der Waals surface area contributed by atoms with E-state index in [2.05, 4.69) is 16.7 Å². The number of aryl methyl sites for hydroxylation is 4. The summed E-state index contributed by atoms with van der Waals surface area (Å²) in [6, 6.07) is 9.72. The Morgan fingerprint density at radius 2 is 1.65 bits per heavy atom. The van der Waals surface area contributed by atoms with E-state index in [-0.39, 0.29) is 12.8 Å². The zero-order valence-corrected chi connectivity index (χ0v) is 14.4. The Balaban J connectivity index is 1.92. The molecular formula is C19H24N2O2. The SMILES string of the molecule is Cc1ccc(NC(=O)NCOc2c(C)ccc(C)c2C)c(C)c1. The average molecular weight is 312 g/mol. The Morgan fingerprint density at radius 3 is 2.35 bits per heavy atom. The van der Waals surface area contributed by atoms with Gasteiger partial charge >= 0.3 is 6.03 Å².